The standard InChI is InChI=1S/C21H18N4O/c1-11-7-13(8-12(2)20(11)26)19-16-9-22-21-18(16)15(10-23-25-21)14-5-3-4-6-17(14)24-19/h3-10,19,24,26H,1-2H3,(H,22,25). The van der Waals surface area contributed by atoms with Crippen molar-refractivity contribution in [3.8, 4) is 16.9 Å². The summed E-state index contributed by atoms with van der Waals surface area (Å²) < 4.78 is 0. The number of phenols is 1. The Bertz CT molecular complexity index is 1140. The van der Waals surface area contributed by atoms with E-state index in [9.17, 15) is 5.11 Å². The lowest BCUT2D eigenvalue weighted by atomic mass is 9.94. The fraction of sp³-hybridized carbons (Fsp3) is 0.143. The molecule has 5 heteroatoms. The van der Waals surface area contributed by atoms with Crippen molar-refractivity contribution >= 4 is 16.7 Å². The molecule has 1 unspecified atom stereocenters. The zero-order valence-corrected chi connectivity index (χ0v) is 14.5. The number of aromatic nitrogens is 3. The Morgan fingerprint density at radius 1 is 1.04 bits per heavy atom. The summed E-state index contributed by atoms with van der Waals surface area (Å²) in [6, 6.07) is 12.3. The lowest BCUT2D eigenvalue weighted by molar-refractivity contribution is 0.466. The molecule has 5 rings (SSSR count). The molecule has 0 aliphatic carbocycles. The Morgan fingerprint density at radius 2 is 1.81 bits per heavy atom. The second-order valence-corrected chi connectivity index (χ2v) is 6.85. The van der Waals surface area contributed by atoms with Crippen LogP contribution >= 0.6 is 0 Å². The van der Waals surface area contributed by atoms with Crippen LogP contribution in [0.1, 0.15) is 28.3 Å². The van der Waals surface area contributed by atoms with E-state index in [-0.39, 0.29) is 6.04 Å². The number of aromatic hydroxyl groups is 1. The number of fused-ring (bicyclic) bond motifs is 2. The highest BCUT2D eigenvalue weighted by Crippen LogP contribution is 2.43. The van der Waals surface area contributed by atoms with Gasteiger partial charge in [0, 0.05) is 34.0 Å². The second kappa shape index (κ2) is 5.33. The van der Waals surface area contributed by atoms with E-state index in [1.165, 1.54) is 0 Å². The first-order valence-electron chi connectivity index (χ1n) is 8.62. The van der Waals surface area contributed by atoms with Crippen LogP contribution in [0.15, 0.2) is 48.8 Å². The molecule has 2 aromatic carbocycles. The van der Waals surface area contributed by atoms with Gasteiger partial charge in [-0.15, -0.1) is 5.10 Å². The van der Waals surface area contributed by atoms with Crippen LogP contribution in [-0.2, 0) is 0 Å². The number of phenolic OH excluding ortho intramolecular Hbond substituents is 1. The second-order valence-electron chi connectivity index (χ2n) is 6.85. The highest BCUT2D eigenvalue weighted by atomic mass is 16.3. The first-order chi connectivity index (χ1) is 12.6. The number of aromatic amines is 1. The van der Waals surface area contributed by atoms with E-state index in [4.69, 9.17) is 0 Å². The Balaban J connectivity index is 1.83. The van der Waals surface area contributed by atoms with E-state index in [0.717, 1.165) is 50.1 Å². The van der Waals surface area contributed by atoms with Gasteiger partial charge in [0.15, 0.2) is 5.65 Å². The van der Waals surface area contributed by atoms with E-state index in [1.54, 1.807) is 0 Å². The van der Waals surface area contributed by atoms with Gasteiger partial charge >= 0.3 is 0 Å². The van der Waals surface area contributed by atoms with Gasteiger partial charge in [-0.05, 0) is 48.7 Å². The Kier molecular flexibility index (Phi) is 3.06. The highest BCUT2D eigenvalue weighted by Gasteiger charge is 2.26. The molecule has 0 saturated heterocycles. The molecule has 3 N–H and O–H groups in total. The quantitative estimate of drug-likeness (QED) is 0.477. The maximum absolute atomic E-state index is 10.2. The Hall–Kier alpha value is -3.34. The Labute approximate surface area is 150 Å². The molecule has 4 aromatic rings. The summed E-state index contributed by atoms with van der Waals surface area (Å²) in [6.07, 6.45) is 3.83. The van der Waals surface area contributed by atoms with Gasteiger partial charge in [0.05, 0.1) is 12.2 Å². The number of hydrogen-bond acceptors (Lipinski definition) is 4. The lowest BCUT2D eigenvalue weighted by Gasteiger charge is -2.21. The van der Waals surface area contributed by atoms with Gasteiger partial charge in [-0.2, -0.15) is 5.10 Å². The number of benzene rings is 2. The smallest absolute Gasteiger partial charge is 0.160 e. The molecule has 1 aliphatic rings. The van der Waals surface area contributed by atoms with Crippen LogP contribution in [0, 0.1) is 13.8 Å². The van der Waals surface area contributed by atoms with Crippen LogP contribution in [0.2, 0.25) is 0 Å². The molecule has 26 heavy (non-hydrogen) atoms. The third-order valence-electron chi connectivity index (χ3n) is 5.18. The number of rotatable bonds is 1. The van der Waals surface area contributed by atoms with Crippen LogP contribution in [0.4, 0.5) is 5.69 Å². The molecule has 0 amide bonds. The predicted molar refractivity (Wildman–Crippen MR) is 102 cm³/mol. The number of nitrogens with one attached hydrogen (secondary N) is 2. The predicted octanol–water partition coefficient (Wildman–Crippen LogP) is 4.46. The van der Waals surface area contributed by atoms with Gasteiger partial charge in [0.25, 0.3) is 0 Å². The van der Waals surface area contributed by atoms with E-state index in [0.29, 0.717) is 5.75 Å². The van der Waals surface area contributed by atoms with Crippen LogP contribution in [0.25, 0.3) is 22.2 Å². The fourth-order valence-electron chi connectivity index (χ4n) is 3.93. The molecular formula is C21H18N4O. The van der Waals surface area contributed by atoms with Gasteiger partial charge in [-0.25, -0.2) is 0 Å². The number of H-pyrrole nitrogens is 1. The molecule has 0 spiro atoms. The summed E-state index contributed by atoms with van der Waals surface area (Å²) in [5.41, 5.74) is 8.02. The minimum absolute atomic E-state index is 0.0478. The van der Waals surface area contributed by atoms with Gasteiger partial charge in [-0.1, -0.05) is 18.2 Å². The zero-order valence-electron chi connectivity index (χ0n) is 14.5. The molecule has 2 aromatic heterocycles. The van der Waals surface area contributed by atoms with E-state index in [2.05, 4.69) is 32.6 Å². The van der Waals surface area contributed by atoms with Crippen molar-refractivity contribution in [3.63, 3.8) is 0 Å². The van der Waals surface area contributed by atoms with Crippen molar-refractivity contribution in [2.75, 3.05) is 5.32 Å². The van der Waals surface area contributed by atoms with Gasteiger partial charge in [0.2, 0.25) is 0 Å². The number of hydrogen-bond donors (Lipinski definition) is 3. The molecule has 0 bridgehead atoms. The molecule has 1 aliphatic heterocycles. The van der Waals surface area contributed by atoms with Crippen molar-refractivity contribution in [3.05, 3.63) is 71.0 Å². The summed E-state index contributed by atoms with van der Waals surface area (Å²) >= 11 is 0. The molecular weight excluding hydrogens is 324 g/mol. The monoisotopic (exact) mass is 342 g/mol. The van der Waals surface area contributed by atoms with E-state index < -0.39 is 0 Å². The molecule has 3 heterocycles. The normalized spacial score (nSPS) is 15.4. The molecule has 0 radical (unpaired) electrons. The maximum atomic E-state index is 10.2. The fourth-order valence-corrected chi connectivity index (χ4v) is 3.93. The lowest BCUT2D eigenvalue weighted by Crippen LogP contribution is -2.12. The largest absolute Gasteiger partial charge is 0.507 e. The van der Waals surface area contributed by atoms with E-state index in [1.807, 2.05) is 50.5 Å². The third kappa shape index (κ3) is 2.03. The SMILES string of the molecule is Cc1cc(C2Nc3ccccc3-c3cnnc4[nH]cc2c34)cc(C)c1O. The van der Waals surface area contributed by atoms with Crippen molar-refractivity contribution in [1.82, 2.24) is 15.2 Å². The Morgan fingerprint density at radius 3 is 2.62 bits per heavy atom. The van der Waals surface area contributed by atoms with Crippen molar-refractivity contribution in [2.24, 2.45) is 0 Å². The minimum atomic E-state index is -0.0478. The minimum Gasteiger partial charge on any atom is -0.507 e. The van der Waals surface area contributed by atoms with E-state index >= 15 is 0 Å². The number of nitrogens with zero attached hydrogens (tertiary/aromatic N) is 2. The summed E-state index contributed by atoms with van der Waals surface area (Å²) in [5, 5.41) is 23.4. The topological polar surface area (TPSA) is 73.8 Å². The van der Waals surface area contributed by atoms with Gasteiger partial charge in [0.1, 0.15) is 5.75 Å². The number of para-hydroxylation sites is 1. The van der Waals surface area contributed by atoms with Gasteiger partial charge in [-0.3, -0.25) is 0 Å². The van der Waals surface area contributed by atoms with Gasteiger partial charge < -0.3 is 15.4 Å². The average Bonchev–Trinajstić information content (AvgIpc) is 3.01. The first-order valence-corrected chi connectivity index (χ1v) is 8.62. The first kappa shape index (κ1) is 15.0. The molecule has 0 fully saturated rings. The maximum Gasteiger partial charge on any atom is 0.160 e. The van der Waals surface area contributed by atoms with Crippen molar-refractivity contribution < 1.29 is 5.11 Å². The summed E-state index contributed by atoms with van der Waals surface area (Å²) in [5.74, 6) is 0.355. The van der Waals surface area contributed by atoms with Crippen molar-refractivity contribution in [2.45, 2.75) is 19.9 Å². The number of aryl methyl sites for hydroxylation is 2. The summed E-state index contributed by atoms with van der Waals surface area (Å²) in [4.78, 5) is 3.26. The summed E-state index contributed by atoms with van der Waals surface area (Å²) in [6.45, 7) is 3.87. The average molecular weight is 342 g/mol. The molecule has 1 atom stereocenters. The molecule has 5 nitrogen and oxygen atoms in total. The molecule has 128 valence electrons. The van der Waals surface area contributed by atoms with Crippen molar-refractivity contribution in [1.29, 1.82) is 0 Å². The van der Waals surface area contributed by atoms with Crippen LogP contribution < -0.4 is 5.32 Å². The third-order valence-corrected chi connectivity index (χ3v) is 5.18. The molecule has 0 saturated carbocycles. The number of anilines is 1. The van der Waals surface area contributed by atoms with Crippen LogP contribution in [0.3, 0.4) is 0 Å². The van der Waals surface area contributed by atoms with Crippen LogP contribution in [-0.4, -0.2) is 20.3 Å². The highest BCUT2D eigenvalue weighted by molar-refractivity contribution is 6.00. The zero-order chi connectivity index (χ0) is 17.8. The summed E-state index contributed by atoms with van der Waals surface area (Å²) in [7, 11) is 0. The van der Waals surface area contributed by atoms with Crippen LogP contribution in [0.5, 0.6) is 5.75 Å².